The lowest BCUT2D eigenvalue weighted by Gasteiger charge is -2.45. The quantitative estimate of drug-likeness (QED) is 0.729. The number of ether oxygens (including phenoxy) is 2. The maximum Gasteiger partial charge on any atom is 0.410 e. The maximum absolute atomic E-state index is 12.3. The van der Waals surface area contributed by atoms with Gasteiger partial charge in [0, 0.05) is 31.7 Å². The Labute approximate surface area is 151 Å². The summed E-state index contributed by atoms with van der Waals surface area (Å²) in [6.45, 7) is 12.5. The Morgan fingerprint density at radius 1 is 1.08 bits per heavy atom. The molecule has 1 aliphatic heterocycles. The molecule has 2 rings (SSSR count). The molecule has 144 valence electrons. The van der Waals surface area contributed by atoms with Crippen LogP contribution in [0.15, 0.2) is 0 Å². The van der Waals surface area contributed by atoms with Gasteiger partial charge in [0.15, 0.2) is 0 Å². The van der Waals surface area contributed by atoms with Gasteiger partial charge in [0.2, 0.25) is 0 Å². The van der Waals surface area contributed by atoms with Crippen LogP contribution < -0.4 is 0 Å². The molecule has 1 aliphatic carbocycles. The lowest BCUT2D eigenvalue weighted by molar-refractivity contribution is -0.149. The van der Waals surface area contributed by atoms with E-state index in [2.05, 4.69) is 11.8 Å². The predicted octanol–water partition coefficient (Wildman–Crippen LogP) is 3.05. The summed E-state index contributed by atoms with van der Waals surface area (Å²) in [4.78, 5) is 28.5. The van der Waals surface area contributed by atoms with Crippen LogP contribution in [-0.4, -0.2) is 65.8 Å². The molecule has 2 fully saturated rings. The highest BCUT2D eigenvalue weighted by Gasteiger charge is 2.36. The molecule has 2 aliphatic rings. The van der Waals surface area contributed by atoms with Gasteiger partial charge in [-0.1, -0.05) is 0 Å². The number of piperazine rings is 1. The number of rotatable bonds is 3. The summed E-state index contributed by atoms with van der Waals surface area (Å²) in [5.41, 5.74) is -0.455. The minimum absolute atomic E-state index is 0.0382. The van der Waals surface area contributed by atoms with E-state index in [-0.39, 0.29) is 18.0 Å². The van der Waals surface area contributed by atoms with E-state index in [0.717, 1.165) is 32.2 Å². The zero-order valence-electron chi connectivity index (χ0n) is 16.4. The van der Waals surface area contributed by atoms with E-state index >= 15 is 0 Å². The number of amides is 1. The van der Waals surface area contributed by atoms with Crippen molar-refractivity contribution in [1.82, 2.24) is 9.80 Å². The Kier molecular flexibility index (Phi) is 6.72. The second kappa shape index (κ2) is 8.39. The van der Waals surface area contributed by atoms with E-state index in [4.69, 9.17) is 9.47 Å². The second-order valence-corrected chi connectivity index (χ2v) is 8.27. The van der Waals surface area contributed by atoms with Gasteiger partial charge in [0.1, 0.15) is 5.60 Å². The first-order valence-corrected chi connectivity index (χ1v) is 9.61. The minimum Gasteiger partial charge on any atom is -0.466 e. The van der Waals surface area contributed by atoms with E-state index in [0.29, 0.717) is 31.8 Å². The van der Waals surface area contributed by atoms with Gasteiger partial charge in [0.25, 0.3) is 0 Å². The SMILES string of the molecule is CCOC(=O)C1CCC(N2CCN(C(=O)OC(C)(C)C)CC2C)CC1. The Hall–Kier alpha value is -1.30. The lowest BCUT2D eigenvalue weighted by Crippen LogP contribution is -2.57. The van der Waals surface area contributed by atoms with Gasteiger partial charge >= 0.3 is 12.1 Å². The summed E-state index contributed by atoms with van der Waals surface area (Å²) in [5, 5.41) is 0. The largest absolute Gasteiger partial charge is 0.466 e. The van der Waals surface area contributed by atoms with Gasteiger partial charge in [-0.2, -0.15) is 0 Å². The van der Waals surface area contributed by atoms with Gasteiger partial charge in [-0.05, 0) is 60.3 Å². The van der Waals surface area contributed by atoms with E-state index in [1.807, 2.05) is 32.6 Å². The van der Waals surface area contributed by atoms with Crippen molar-refractivity contribution in [2.75, 3.05) is 26.2 Å². The Morgan fingerprint density at radius 2 is 1.72 bits per heavy atom. The summed E-state index contributed by atoms with van der Waals surface area (Å²) in [6, 6.07) is 0.812. The third-order valence-corrected chi connectivity index (χ3v) is 5.12. The number of hydrogen-bond donors (Lipinski definition) is 0. The monoisotopic (exact) mass is 354 g/mol. The third-order valence-electron chi connectivity index (χ3n) is 5.12. The van der Waals surface area contributed by atoms with Crippen molar-refractivity contribution < 1.29 is 19.1 Å². The van der Waals surface area contributed by atoms with E-state index in [1.165, 1.54) is 0 Å². The molecule has 1 saturated heterocycles. The average Bonchev–Trinajstić information content (AvgIpc) is 2.53. The third kappa shape index (κ3) is 5.59. The fourth-order valence-electron chi connectivity index (χ4n) is 3.91. The molecule has 0 aromatic heterocycles. The number of hydrogen-bond acceptors (Lipinski definition) is 5. The van der Waals surface area contributed by atoms with Crippen molar-refractivity contribution >= 4 is 12.1 Å². The molecular formula is C19H34N2O4. The number of carbonyl (C=O) groups excluding carboxylic acids is 2. The predicted molar refractivity (Wildman–Crippen MR) is 96.4 cm³/mol. The van der Waals surface area contributed by atoms with Crippen molar-refractivity contribution in [2.24, 2.45) is 5.92 Å². The molecule has 0 N–H and O–H groups in total. The molecule has 1 unspecified atom stereocenters. The highest BCUT2D eigenvalue weighted by atomic mass is 16.6. The average molecular weight is 354 g/mol. The van der Waals surface area contributed by atoms with Crippen LogP contribution in [-0.2, 0) is 14.3 Å². The van der Waals surface area contributed by atoms with Crippen molar-refractivity contribution in [3.8, 4) is 0 Å². The molecule has 1 heterocycles. The molecule has 25 heavy (non-hydrogen) atoms. The van der Waals surface area contributed by atoms with Crippen LogP contribution in [0.4, 0.5) is 4.79 Å². The fraction of sp³-hybridized carbons (Fsp3) is 0.895. The van der Waals surface area contributed by atoms with Crippen LogP contribution in [0.3, 0.4) is 0 Å². The molecule has 6 nitrogen and oxygen atoms in total. The Bertz CT molecular complexity index is 467. The molecule has 6 heteroatoms. The Morgan fingerprint density at radius 3 is 2.24 bits per heavy atom. The maximum atomic E-state index is 12.3. The first-order valence-electron chi connectivity index (χ1n) is 9.61. The van der Waals surface area contributed by atoms with Crippen LogP contribution in [0.25, 0.3) is 0 Å². The van der Waals surface area contributed by atoms with Crippen LogP contribution in [0.2, 0.25) is 0 Å². The molecule has 1 atom stereocenters. The van der Waals surface area contributed by atoms with Crippen molar-refractivity contribution in [3.05, 3.63) is 0 Å². The highest BCUT2D eigenvalue weighted by Crippen LogP contribution is 2.30. The van der Waals surface area contributed by atoms with E-state index in [9.17, 15) is 9.59 Å². The molecule has 0 radical (unpaired) electrons. The standard InChI is InChI=1S/C19H34N2O4/c1-6-24-17(22)15-7-9-16(10-8-15)21-12-11-20(13-14(21)2)18(23)25-19(3,4)5/h14-16H,6-13H2,1-5H3. The topological polar surface area (TPSA) is 59.1 Å². The van der Waals surface area contributed by atoms with Gasteiger partial charge < -0.3 is 14.4 Å². The fourth-order valence-corrected chi connectivity index (χ4v) is 3.91. The summed E-state index contributed by atoms with van der Waals surface area (Å²) < 4.78 is 10.6. The molecule has 0 spiro atoms. The van der Waals surface area contributed by atoms with Crippen LogP contribution >= 0.6 is 0 Å². The van der Waals surface area contributed by atoms with Crippen molar-refractivity contribution in [1.29, 1.82) is 0 Å². The van der Waals surface area contributed by atoms with Crippen LogP contribution in [0.1, 0.15) is 60.3 Å². The summed E-state index contributed by atoms with van der Waals surface area (Å²) in [6.07, 6.45) is 3.65. The molecule has 1 amide bonds. The van der Waals surface area contributed by atoms with Crippen molar-refractivity contribution in [2.45, 2.75) is 78.0 Å². The normalized spacial score (nSPS) is 28.5. The number of nitrogens with zero attached hydrogens (tertiary/aromatic N) is 2. The molecular weight excluding hydrogens is 320 g/mol. The lowest BCUT2D eigenvalue weighted by atomic mass is 9.84. The van der Waals surface area contributed by atoms with Crippen LogP contribution in [0, 0.1) is 5.92 Å². The highest BCUT2D eigenvalue weighted by molar-refractivity contribution is 5.72. The zero-order chi connectivity index (χ0) is 18.6. The molecule has 0 bridgehead atoms. The van der Waals surface area contributed by atoms with Gasteiger partial charge in [0.05, 0.1) is 12.5 Å². The number of esters is 1. The summed E-state index contributed by atoms with van der Waals surface area (Å²) >= 11 is 0. The first-order chi connectivity index (χ1) is 11.7. The van der Waals surface area contributed by atoms with E-state index in [1.54, 1.807) is 0 Å². The smallest absolute Gasteiger partial charge is 0.410 e. The minimum atomic E-state index is -0.455. The molecule has 0 aromatic rings. The first kappa shape index (κ1) is 20.0. The van der Waals surface area contributed by atoms with Gasteiger partial charge in [-0.15, -0.1) is 0 Å². The van der Waals surface area contributed by atoms with E-state index < -0.39 is 5.60 Å². The van der Waals surface area contributed by atoms with Gasteiger partial charge in [-0.3, -0.25) is 9.69 Å². The summed E-state index contributed by atoms with van der Waals surface area (Å²) in [7, 11) is 0. The molecule has 1 saturated carbocycles. The van der Waals surface area contributed by atoms with Crippen LogP contribution in [0.5, 0.6) is 0 Å². The molecule has 0 aromatic carbocycles. The second-order valence-electron chi connectivity index (χ2n) is 8.27. The Balaban J connectivity index is 1.82. The summed E-state index contributed by atoms with van der Waals surface area (Å²) in [5.74, 6) is 0.0262. The zero-order valence-corrected chi connectivity index (χ0v) is 16.4. The number of carbonyl (C=O) groups is 2. The van der Waals surface area contributed by atoms with Crippen molar-refractivity contribution in [3.63, 3.8) is 0 Å². The van der Waals surface area contributed by atoms with Gasteiger partial charge in [-0.25, -0.2) is 4.79 Å².